The van der Waals surface area contributed by atoms with Crippen LogP contribution in [0.3, 0.4) is 0 Å². The molecule has 3 aromatic rings. The highest BCUT2D eigenvalue weighted by atomic mass is 35.5. The highest BCUT2D eigenvalue weighted by Gasteiger charge is 2.22. The third-order valence-corrected chi connectivity index (χ3v) is 6.73. The van der Waals surface area contributed by atoms with E-state index in [9.17, 15) is 4.79 Å². The average molecular weight is 478 g/mol. The lowest BCUT2D eigenvalue weighted by molar-refractivity contribution is 0.0615. The first-order valence-corrected chi connectivity index (χ1v) is 11.8. The van der Waals surface area contributed by atoms with Crippen LogP contribution in [0.15, 0.2) is 42.5 Å². The summed E-state index contributed by atoms with van der Waals surface area (Å²) >= 11 is 6.22. The molecule has 1 aliphatic heterocycles. The van der Waals surface area contributed by atoms with Crippen molar-refractivity contribution in [2.75, 3.05) is 39.3 Å². The lowest BCUT2D eigenvalue weighted by atomic mass is 10.0. The maximum absolute atomic E-state index is 12.9. The summed E-state index contributed by atoms with van der Waals surface area (Å²) in [4.78, 5) is 16.9. The van der Waals surface area contributed by atoms with E-state index in [-0.39, 0.29) is 12.5 Å². The number of nitrogens with zero attached hydrogens (tertiary/aromatic N) is 5. The van der Waals surface area contributed by atoms with Crippen LogP contribution in [0.2, 0.25) is 5.02 Å². The molecule has 7 nitrogen and oxygen atoms in total. The fourth-order valence-corrected chi connectivity index (χ4v) is 4.59. The first kappa shape index (κ1) is 24.0. The average Bonchev–Trinajstić information content (AvgIpc) is 3.13. The van der Waals surface area contributed by atoms with Crippen LogP contribution in [0.4, 0.5) is 0 Å². The van der Waals surface area contributed by atoms with Crippen molar-refractivity contribution in [3.05, 3.63) is 81.1 Å². The van der Waals surface area contributed by atoms with Crippen molar-refractivity contribution < 1.29 is 9.90 Å². The van der Waals surface area contributed by atoms with Crippen molar-refractivity contribution in [2.24, 2.45) is 0 Å². The summed E-state index contributed by atoms with van der Waals surface area (Å²) in [6.45, 7) is 7.75. The Morgan fingerprint density at radius 2 is 1.82 bits per heavy atom. The van der Waals surface area contributed by atoms with Gasteiger partial charge in [-0.1, -0.05) is 23.7 Å². The topological polar surface area (TPSA) is 85.4 Å². The number of aliphatic hydroxyl groups is 1. The second-order valence-corrected chi connectivity index (χ2v) is 8.98. The molecule has 1 amide bonds. The number of β-amino-alcohol motifs (C(OH)–C–C–N with tert-alkyl or cyclic N) is 1. The van der Waals surface area contributed by atoms with Gasteiger partial charge in [0.1, 0.15) is 6.07 Å². The van der Waals surface area contributed by atoms with Gasteiger partial charge in [0.2, 0.25) is 0 Å². The summed E-state index contributed by atoms with van der Waals surface area (Å²) in [5.41, 5.74) is 6.12. The van der Waals surface area contributed by atoms with Gasteiger partial charge < -0.3 is 10.0 Å². The molecular weight excluding hydrogens is 450 g/mol. The number of carbonyl (C=O) groups is 1. The molecule has 1 saturated heterocycles. The molecule has 1 aromatic heterocycles. The highest BCUT2D eigenvalue weighted by Crippen LogP contribution is 2.24. The number of nitriles is 1. The quantitative estimate of drug-likeness (QED) is 0.588. The Hall–Kier alpha value is -3.18. The third-order valence-electron chi connectivity index (χ3n) is 6.42. The Balaban J connectivity index is 1.46. The van der Waals surface area contributed by atoms with Gasteiger partial charge >= 0.3 is 0 Å². The third kappa shape index (κ3) is 5.00. The van der Waals surface area contributed by atoms with Crippen LogP contribution >= 0.6 is 11.6 Å². The molecule has 0 aliphatic carbocycles. The number of aliphatic hydroxyl groups excluding tert-OH is 1. The van der Waals surface area contributed by atoms with Gasteiger partial charge in [0, 0.05) is 56.0 Å². The van der Waals surface area contributed by atoms with Crippen LogP contribution in [-0.4, -0.2) is 69.9 Å². The number of carbonyl (C=O) groups excluding carboxylic acids is 1. The molecule has 2 heterocycles. The molecule has 1 N–H and O–H groups in total. The second-order valence-electron chi connectivity index (χ2n) is 8.57. The Bertz CT molecular complexity index is 1220. The van der Waals surface area contributed by atoms with Crippen LogP contribution in [0.25, 0.3) is 5.69 Å². The smallest absolute Gasteiger partial charge is 0.253 e. The molecule has 8 heteroatoms. The highest BCUT2D eigenvalue weighted by molar-refractivity contribution is 6.31. The number of hydrogen-bond acceptors (Lipinski definition) is 5. The van der Waals surface area contributed by atoms with Crippen molar-refractivity contribution in [3.63, 3.8) is 0 Å². The Morgan fingerprint density at radius 3 is 2.44 bits per heavy atom. The first-order valence-electron chi connectivity index (χ1n) is 11.4. The summed E-state index contributed by atoms with van der Waals surface area (Å²) in [5, 5.41) is 23.3. The van der Waals surface area contributed by atoms with Crippen molar-refractivity contribution in [3.8, 4) is 11.8 Å². The molecule has 1 fully saturated rings. The second kappa shape index (κ2) is 10.4. The van der Waals surface area contributed by atoms with Gasteiger partial charge in [-0.15, -0.1) is 0 Å². The first-order chi connectivity index (χ1) is 16.4. The van der Waals surface area contributed by atoms with Gasteiger partial charge in [-0.3, -0.25) is 9.69 Å². The SMILES string of the molecule is Cc1nn(-c2ccc(C#N)c(Cl)c2)c(C)c1Cc1ccc(C(=O)N2CCN(CCO)CC2)cc1. The molecule has 4 rings (SSSR count). The van der Waals surface area contributed by atoms with E-state index in [0.717, 1.165) is 41.3 Å². The van der Waals surface area contributed by atoms with Gasteiger partial charge in [-0.05, 0) is 49.7 Å². The van der Waals surface area contributed by atoms with Crippen LogP contribution in [-0.2, 0) is 6.42 Å². The molecule has 0 bridgehead atoms. The summed E-state index contributed by atoms with van der Waals surface area (Å²) in [7, 11) is 0. The molecule has 34 heavy (non-hydrogen) atoms. The number of amides is 1. The van der Waals surface area contributed by atoms with Gasteiger partial charge in [-0.2, -0.15) is 10.4 Å². The minimum Gasteiger partial charge on any atom is -0.395 e. The molecule has 0 saturated carbocycles. The number of benzene rings is 2. The van der Waals surface area contributed by atoms with Gasteiger partial charge in [0.25, 0.3) is 5.91 Å². The van der Waals surface area contributed by atoms with Crippen LogP contribution in [0, 0.1) is 25.2 Å². The van der Waals surface area contributed by atoms with E-state index in [4.69, 9.17) is 27.1 Å². The molecule has 0 spiro atoms. The zero-order chi connectivity index (χ0) is 24.2. The van der Waals surface area contributed by atoms with Gasteiger partial charge in [0.15, 0.2) is 0 Å². The van der Waals surface area contributed by atoms with Crippen LogP contribution < -0.4 is 0 Å². The van der Waals surface area contributed by atoms with E-state index in [1.54, 1.807) is 12.1 Å². The van der Waals surface area contributed by atoms with E-state index < -0.39 is 0 Å². The van der Waals surface area contributed by atoms with Gasteiger partial charge in [0.05, 0.1) is 28.6 Å². The standard InChI is InChI=1S/C26H28ClN5O2/c1-18-24(19(2)32(29-18)23-8-7-22(17-28)25(27)16-23)15-20-3-5-21(6-4-20)26(34)31-11-9-30(10-12-31)13-14-33/h3-8,16,33H,9-15H2,1-2H3. The minimum atomic E-state index is 0.0491. The molecule has 0 unspecified atom stereocenters. The van der Waals surface area contributed by atoms with Crippen LogP contribution in [0.1, 0.15) is 38.4 Å². The normalized spacial score (nSPS) is 14.3. The predicted molar refractivity (Wildman–Crippen MR) is 131 cm³/mol. The summed E-state index contributed by atoms with van der Waals surface area (Å²) < 4.78 is 1.85. The predicted octanol–water partition coefficient (Wildman–Crippen LogP) is 3.36. The van der Waals surface area contributed by atoms with E-state index in [1.807, 2.05) is 53.8 Å². The molecule has 2 aromatic carbocycles. The number of rotatable bonds is 6. The lowest BCUT2D eigenvalue weighted by Crippen LogP contribution is -2.49. The fraction of sp³-hybridized carbons (Fsp3) is 0.346. The monoisotopic (exact) mass is 477 g/mol. The van der Waals surface area contributed by atoms with Crippen molar-refractivity contribution >= 4 is 17.5 Å². The lowest BCUT2D eigenvalue weighted by Gasteiger charge is -2.34. The van der Waals surface area contributed by atoms with E-state index in [1.165, 1.54) is 0 Å². The van der Waals surface area contributed by atoms with Crippen molar-refractivity contribution in [1.29, 1.82) is 5.26 Å². The van der Waals surface area contributed by atoms with E-state index in [2.05, 4.69) is 11.0 Å². The number of aryl methyl sites for hydroxylation is 1. The molecule has 0 radical (unpaired) electrons. The van der Waals surface area contributed by atoms with E-state index in [0.29, 0.717) is 42.2 Å². The summed E-state index contributed by atoms with van der Waals surface area (Å²) in [6, 6.07) is 15.2. The zero-order valence-corrected chi connectivity index (χ0v) is 20.2. The summed E-state index contributed by atoms with van der Waals surface area (Å²) in [6.07, 6.45) is 0.704. The molecule has 1 aliphatic rings. The Labute approximate surface area is 204 Å². The maximum atomic E-state index is 12.9. The van der Waals surface area contributed by atoms with E-state index >= 15 is 0 Å². The largest absolute Gasteiger partial charge is 0.395 e. The van der Waals surface area contributed by atoms with Crippen molar-refractivity contribution in [2.45, 2.75) is 20.3 Å². The maximum Gasteiger partial charge on any atom is 0.253 e. The van der Waals surface area contributed by atoms with Gasteiger partial charge in [-0.25, -0.2) is 4.68 Å². The number of piperazine rings is 1. The van der Waals surface area contributed by atoms with Crippen LogP contribution in [0.5, 0.6) is 0 Å². The zero-order valence-electron chi connectivity index (χ0n) is 19.5. The summed E-state index contributed by atoms with van der Waals surface area (Å²) in [5.74, 6) is 0.0491. The number of aromatic nitrogens is 2. The Kier molecular flexibility index (Phi) is 7.32. The van der Waals surface area contributed by atoms with Crippen molar-refractivity contribution in [1.82, 2.24) is 19.6 Å². The molecular formula is C26H28ClN5O2. The Morgan fingerprint density at radius 1 is 1.12 bits per heavy atom. The fourth-order valence-electron chi connectivity index (χ4n) is 4.38. The molecule has 0 atom stereocenters. The minimum absolute atomic E-state index is 0.0491. The number of halogens is 1. The number of hydrogen-bond donors (Lipinski definition) is 1. The molecule has 176 valence electrons.